The number of benzene rings is 2. The molecule has 0 aliphatic carbocycles. The highest BCUT2D eigenvalue weighted by atomic mass is 32.1. The molecule has 140 valence electrons. The van der Waals surface area contributed by atoms with Gasteiger partial charge >= 0.3 is 0 Å². The topological polar surface area (TPSA) is 71.9 Å². The molecular formula is C19H19FN4O2S. The number of carbonyl (C=O) groups is 1. The Morgan fingerprint density at radius 3 is 2.74 bits per heavy atom. The number of hydrogen-bond donors (Lipinski definition) is 2. The molecule has 3 rings (SSSR count). The second-order valence-corrected chi connectivity index (χ2v) is 6.40. The summed E-state index contributed by atoms with van der Waals surface area (Å²) in [6.07, 6.45) is 0.129. The number of carbonyl (C=O) groups excluding carboxylic acids is 1. The lowest BCUT2D eigenvalue weighted by Crippen LogP contribution is -2.16. The van der Waals surface area contributed by atoms with Crippen LogP contribution in [-0.2, 0) is 11.3 Å². The second kappa shape index (κ2) is 8.13. The second-order valence-electron chi connectivity index (χ2n) is 6.01. The number of ether oxygens (including phenoxy) is 1. The third-order valence-corrected chi connectivity index (χ3v) is 4.38. The third-order valence-electron chi connectivity index (χ3n) is 4.06. The van der Waals surface area contributed by atoms with Crippen LogP contribution >= 0.6 is 12.2 Å². The first kappa shape index (κ1) is 18.8. The van der Waals surface area contributed by atoms with Gasteiger partial charge in [-0.2, -0.15) is 5.10 Å². The Hall–Kier alpha value is -3.00. The maximum Gasteiger partial charge on any atom is 0.226 e. The fraction of sp³-hybridized carbons (Fsp3) is 0.211. The minimum Gasteiger partial charge on any atom is -0.497 e. The standard InChI is InChI=1S/C19H19FN4O2S/c1-12-3-8-15(20)16(11-12)21-17(25)9-10-24-18(22-23-19(24)27)13-4-6-14(26-2)7-5-13/h3-8,11H,9-10H2,1-2H3,(H,21,25)(H,23,27). The summed E-state index contributed by atoms with van der Waals surface area (Å²) in [5.74, 6) is 0.590. The van der Waals surface area contributed by atoms with E-state index in [4.69, 9.17) is 17.0 Å². The number of nitrogens with zero attached hydrogens (tertiary/aromatic N) is 2. The van der Waals surface area contributed by atoms with Gasteiger partial charge in [0.25, 0.3) is 0 Å². The maximum absolute atomic E-state index is 13.8. The molecule has 8 heteroatoms. The van der Waals surface area contributed by atoms with Gasteiger partial charge in [-0.15, -0.1) is 0 Å². The Bertz CT molecular complexity index is 1010. The van der Waals surface area contributed by atoms with Crippen LogP contribution in [0.15, 0.2) is 42.5 Å². The number of amides is 1. The van der Waals surface area contributed by atoms with Crippen molar-refractivity contribution < 1.29 is 13.9 Å². The number of aromatic nitrogens is 3. The highest BCUT2D eigenvalue weighted by molar-refractivity contribution is 7.71. The molecule has 0 bridgehead atoms. The van der Waals surface area contributed by atoms with Crippen molar-refractivity contribution in [3.05, 3.63) is 58.6 Å². The summed E-state index contributed by atoms with van der Waals surface area (Å²) in [5.41, 5.74) is 1.88. The van der Waals surface area contributed by atoms with E-state index >= 15 is 0 Å². The summed E-state index contributed by atoms with van der Waals surface area (Å²) < 4.78 is 21.1. The van der Waals surface area contributed by atoms with E-state index < -0.39 is 5.82 Å². The molecule has 0 saturated heterocycles. The lowest BCUT2D eigenvalue weighted by Gasteiger charge is -2.09. The third kappa shape index (κ3) is 4.40. The first-order valence-corrected chi connectivity index (χ1v) is 8.74. The fourth-order valence-electron chi connectivity index (χ4n) is 2.65. The van der Waals surface area contributed by atoms with Crippen molar-refractivity contribution in [1.82, 2.24) is 14.8 Å². The Kier molecular flexibility index (Phi) is 5.66. The van der Waals surface area contributed by atoms with Crippen LogP contribution in [0.1, 0.15) is 12.0 Å². The largest absolute Gasteiger partial charge is 0.497 e. The molecule has 27 heavy (non-hydrogen) atoms. The molecule has 3 aromatic rings. The van der Waals surface area contributed by atoms with E-state index in [1.807, 2.05) is 31.2 Å². The Labute approximate surface area is 161 Å². The number of nitrogens with one attached hydrogen (secondary N) is 2. The van der Waals surface area contributed by atoms with Crippen LogP contribution in [0.2, 0.25) is 0 Å². The molecule has 0 aliphatic rings. The highest BCUT2D eigenvalue weighted by Crippen LogP contribution is 2.21. The zero-order chi connectivity index (χ0) is 19.4. The van der Waals surface area contributed by atoms with Gasteiger partial charge in [0, 0.05) is 18.5 Å². The molecular weight excluding hydrogens is 367 g/mol. The van der Waals surface area contributed by atoms with Crippen LogP contribution in [0.25, 0.3) is 11.4 Å². The minimum absolute atomic E-state index is 0.129. The minimum atomic E-state index is -0.465. The predicted octanol–water partition coefficient (Wildman–Crippen LogP) is 4.09. The zero-order valence-corrected chi connectivity index (χ0v) is 15.8. The summed E-state index contributed by atoms with van der Waals surface area (Å²) in [6, 6.07) is 12.0. The molecule has 1 amide bonds. The normalized spacial score (nSPS) is 10.6. The van der Waals surface area contributed by atoms with E-state index in [-0.39, 0.29) is 18.0 Å². The summed E-state index contributed by atoms with van der Waals surface area (Å²) in [7, 11) is 1.60. The molecule has 6 nitrogen and oxygen atoms in total. The molecule has 0 aliphatic heterocycles. The van der Waals surface area contributed by atoms with E-state index in [1.165, 1.54) is 6.07 Å². The van der Waals surface area contributed by atoms with E-state index in [0.717, 1.165) is 16.9 Å². The lowest BCUT2D eigenvalue weighted by molar-refractivity contribution is -0.116. The van der Waals surface area contributed by atoms with Gasteiger partial charge < -0.3 is 10.1 Å². The number of aryl methyl sites for hydroxylation is 1. The molecule has 2 aromatic carbocycles. The molecule has 0 spiro atoms. The summed E-state index contributed by atoms with van der Waals surface area (Å²) >= 11 is 5.27. The smallest absolute Gasteiger partial charge is 0.226 e. The number of H-pyrrole nitrogens is 1. The predicted molar refractivity (Wildman–Crippen MR) is 104 cm³/mol. The molecule has 0 radical (unpaired) electrons. The van der Waals surface area contributed by atoms with Gasteiger partial charge in [-0.25, -0.2) is 4.39 Å². The van der Waals surface area contributed by atoms with Gasteiger partial charge in [0.05, 0.1) is 12.8 Å². The first-order valence-electron chi connectivity index (χ1n) is 8.33. The molecule has 1 heterocycles. The van der Waals surface area contributed by atoms with Crippen LogP contribution < -0.4 is 10.1 Å². The van der Waals surface area contributed by atoms with E-state index in [0.29, 0.717) is 17.1 Å². The van der Waals surface area contributed by atoms with Crippen molar-refractivity contribution >= 4 is 23.8 Å². The number of methoxy groups -OCH3 is 1. The van der Waals surface area contributed by atoms with Crippen molar-refractivity contribution in [1.29, 1.82) is 0 Å². The summed E-state index contributed by atoms with van der Waals surface area (Å²) in [5, 5.41) is 9.59. The summed E-state index contributed by atoms with van der Waals surface area (Å²) in [4.78, 5) is 12.2. The molecule has 2 N–H and O–H groups in total. The van der Waals surface area contributed by atoms with Crippen molar-refractivity contribution in [3.63, 3.8) is 0 Å². The van der Waals surface area contributed by atoms with E-state index in [9.17, 15) is 9.18 Å². The van der Waals surface area contributed by atoms with E-state index in [1.54, 1.807) is 23.8 Å². The molecule has 0 saturated carbocycles. The average molecular weight is 386 g/mol. The fourth-order valence-corrected chi connectivity index (χ4v) is 2.87. The maximum atomic E-state index is 13.8. The number of halogens is 1. The zero-order valence-electron chi connectivity index (χ0n) is 15.0. The number of hydrogen-bond acceptors (Lipinski definition) is 4. The monoisotopic (exact) mass is 386 g/mol. The average Bonchev–Trinajstić information content (AvgIpc) is 3.03. The van der Waals surface area contributed by atoms with Crippen LogP contribution in [0.5, 0.6) is 5.75 Å². The van der Waals surface area contributed by atoms with Gasteiger partial charge in [-0.05, 0) is 61.1 Å². The number of aromatic amines is 1. The molecule has 0 atom stereocenters. The van der Waals surface area contributed by atoms with Crippen molar-refractivity contribution in [2.24, 2.45) is 0 Å². The van der Waals surface area contributed by atoms with Gasteiger partial charge in [-0.1, -0.05) is 6.07 Å². The van der Waals surface area contributed by atoms with Crippen LogP contribution in [0.4, 0.5) is 10.1 Å². The van der Waals surface area contributed by atoms with Crippen molar-refractivity contribution in [2.75, 3.05) is 12.4 Å². The Balaban J connectivity index is 1.72. The molecule has 0 unspecified atom stereocenters. The first-order chi connectivity index (χ1) is 13.0. The SMILES string of the molecule is COc1ccc(-c2n[nH]c(=S)n2CCC(=O)Nc2cc(C)ccc2F)cc1. The van der Waals surface area contributed by atoms with Crippen molar-refractivity contribution in [2.45, 2.75) is 19.9 Å². The lowest BCUT2D eigenvalue weighted by atomic mass is 10.2. The van der Waals surface area contributed by atoms with Crippen LogP contribution in [0.3, 0.4) is 0 Å². The summed E-state index contributed by atoms with van der Waals surface area (Å²) in [6.45, 7) is 2.15. The quantitative estimate of drug-likeness (QED) is 0.626. The number of rotatable bonds is 6. The van der Waals surface area contributed by atoms with Crippen LogP contribution in [0, 0.1) is 17.5 Å². The Morgan fingerprint density at radius 1 is 1.30 bits per heavy atom. The van der Waals surface area contributed by atoms with Gasteiger partial charge in [0.2, 0.25) is 5.91 Å². The van der Waals surface area contributed by atoms with E-state index in [2.05, 4.69) is 15.5 Å². The Morgan fingerprint density at radius 2 is 2.04 bits per heavy atom. The van der Waals surface area contributed by atoms with Crippen LogP contribution in [-0.4, -0.2) is 27.8 Å². The molecule has 1 aromatic heterocycles. The van der Waals surface area contributed by atoms with Crippen molar-refractivity contribution in [3.8, 4) is 17.1 Å². The van der Waals surface area contributed by atoms with Gasteiger partial charge in [-0.3, -0.25) is 14.5 Å². The molecule has 0 fully saturated rings. The number of anilines is 1. The van der Waals surface area contributed by atoms with Gasteiger partial charge in [0.15, 0.2) is 10.6 Å². The van der Waals surface area contributed by atoms with Gasteiger partial charge in [0.1, 0.15) is 11.6 Å². The highest BCUT2D eigenvalue weighted by Gasteiger charge is 2.12.